The first-order valence-corrected chi connectivity index (χ1v) is 7.04. The lowest BCUT2D eigenvalue weighted by Crippen LogP contribution is -2.28. The third-order valence-corrected chi connectivity index (χ3v) is 3.09. The minimum atomic E-state index is -0.629. The van der Waals surface area contributed by atoms with E-state index in [4.69, 9.17) is 11.6 Å². The number of likely N-dealkylation sites (N-methyl/N-ethyl adjacent to an activating group) is 1. The lowest BCUT2D eigenvalue weighted by molar-refractivity contribution is 0.161. The molecule has 0 bridgehead atoms. The second-order valence-corrected chi connectivity index (χ2v) is 5.88. The lowest BCUT2D eigenvalue weighted by atomic mass is 10.2. The van der Waals surface area contributed by atoms with Gasteiger partial charge in [-0.05, 0) is 26.6 Å². The van der Waals surface area contributed by atoms with Gasteiger partial charge in [0.15, 0.2) is 0 Å². The number of nitrogens with one attached hydrogen (secondary N) is 1. The number of aromatic nitrogens is 2. The summed E-state index contributed by atoms with van der Waals surface area (Å²) in [6.45, 7) is 7.21. The molecule has 0 aliphatic rings. The number of hydrogen-bond donors (Lipinski definition) is 2. The largest absolute Gasteiger partial charge is 0.385 e. The van der Waals surface area contributed by atoms with Crippen LogP contribution < -0.4 is 5.32 Å². The molecule has 1 atom stereocenters. The zero-order valence-electron chi connectivity index (χ0n) is 12.2. The molecule has 0 amide bonds. The first-order valence-electron chi connectivity index (χ1n) is 6.66. The Bertz CT molecular complexity index is 379. The molecule has 1 aromatic heterocycles. The Morgan fingerprint density at radius 3 is 2.68 bits per heavy atom. The minimum absolute atomic E-state index is 0.492. The van der Waals surface area contributed by atoms with Crippen molar-refractivity contribution in [2.45, 2.75) is 26.5 Å². The van der Waals surface area contributed by atoms with E-state index >= 15 is 0 Å². The lowest BCUT2D eigenvalue weighted by Gasteiger charge is -2.17. The van der Waals surface area contributed by atoms with Crippen LogP contribution in [0.2, 0.25) is 5.02 Å². The van der Waals surface area contributed by atoms with Crippen molar-refractivity contribution in [2.24, 2.45) is 5.92 Å². The zero-order valence-corrected chi connectivity index (χ0v) is 13.0. The van der Waals surface area contributed by atoms with Crippen LogP contribution in [0.1, 0.15) is 25.6 Å². The van der Waals surface area contributed by atoms with Crippen molar-refractivity contribution in [1.29, 1.82) is 0 Å². The van der Waals surface area contributed by atoms with Gasteiger partial charge in [-0.15, -0.1) is 0 Å². The molecule has 0 radical (unpaired) electrons. The molecule has 1 rings (SSSR count). The Morgan fingerprint density at radius 2 is 2.11 bits per heavy atom. The SMILES string of the molecule is CC(C)CNCC(O)c1c(Cl)cnn1CCN(C)C. The zero-order chi connectivity index (χ0) is 14.4. The van der Waals surface area contributed by atoms with E-state index in [1.807, 2.05) is 14.1 Å². The smallest absolute Gasteiger partial charge is 0.110 e. The molecule has 0 saturated carbocycles. The quantitative estimate of drug-likeness (QED) is 0.759. The van der Waals surface area contributed by atoms with Gasteiger partial charge in [0, 0.05) is 13.1 Å². The van der Waals surface area contributed by atoms with Crippen LogP contribution >= 0.6 is 11.6 Å². The maximum atomic E-state index is 10.2. The summed E-state index contributed by atoms with van der Waals surface area (Å²) in [5.74, 6) is 0.557. The molecule has 0 fully saturated rings. The van der Waals surface area contributed by atoms with Crippen LogP contribution in [0.15, 0.2) is 6.20 Å². The molecule has 1 heterocycles. The van der Waals surface area contributed by atoms with Crippen molar-refractivity contribution in [3.05, 3.63) is 16.9 Å². The Morgan fingerprint density at radius 1 is 1.42 bits per heavy atom. The molecule has 0 aliphatic heterocycles. The number of rotatable bonds is 8. The van der Waals surface area contributed by atoms with Crippen LogP contribution in [-0.2, 0) is 6.54 Å². The second-order valence-electron chi connectivity index (χ2n) is 5.47. The minimum Gasteiger partial charge on any atom is -0.385 e. The summed E-state index contributed by atoms with van der Waals surface area (Å²) in [6.07, 6.45) is 0.967. The van der Waals surface area contributed by atoms with E-state index in [-0.39, 0.29) is 0 Å². The van der Waals surface area contributed by atoms with Gasteiger partial charge in [0.05, 0.1) is 23.5 Å². The van der Waals surface area contributed by atoms with Gasteiger partial charge in [-0.1, -0.05) is 25.4 Å². The molecule has 5 nitrogen and oxygen atoms in total. The van der Waals surface area contributed by atoms with Gasteiger partial charge in [-0.25, -0.2) is 0 Å². The van der Waals surface area contributed by atoms with E-state index in [1.54, 1.807) is 10.9 Å². The Labute approximate surface area is 120 Å². The van der Waals surface area contributed by atoms with Gasteiger partial charge in [-0.3, -0.25) is 4.68 Å². The highest BCUT2D eigenvalue weighted by Gasteiger charge is 2.17. The molecule has 0 saturated heterocycles. The molecular formula is C13H25ClN4O. The predicted molar refractivity (Wildman–Crippen MR) is 78.5 cm³/mol. The van der Waals surface area contributed by atoms with Crippen LogP contribution in [0.5, 0.6) is 0 Å². The van der Waals surface area contributed by atoms with E-state index in [2.05, 4.69) is 29.2 Å². The van der Waals surface area contributed by atoms with Gasteiger partial charge < -0.3 is 15.3 Å². The predicted octanol–water partition coefficient (Wildman–Crippen LogP) is 1.38. The standard InChI is InChI=1S/C13H25ClN4O/c1-10(2)7-15-9-12(19)13-11(14)8-16-18(13)6-5-17(3)4/h8,10,12,15,19H,5-7,9H2,1-4H3. The Kier molecular flexibility index (Phi) is 6.79. The molecule has 110 valence electrons. The van der Waals surface area contributed by atoms with Gasteiger partial charge in [0.1, 0.15) is 6.10 Å². The van der Waals surface area contributed by atoms with E-state index in [9.17, 15) is 5.11 Å². The highest BCUT2D eigenvalue weighted by molar-refractivity contribution is 6.31. The van der Waals surface area contributed by atoms with Crippen LogP contribution in [0, 0.1) is 5.92 Å². The van der Waals surface area contributed by atoms with Crippen molar-refractivity contribution in [1.82, 2.24) is 20.0 Å². The molecule has 6 heteroatoms. The molecule has 19 heavy (non-hydrogen) atoms. The summed E-state index contributed by atoms with van der Waals surface area (Å²) in [4.78, 5) is 2.07. The fraction of sp³-hybridized carbons (Fsp3) is 0.769. The number of hydrogen-bond acceptors (Lipinski definition) is 4. The fourth-order valence-corrected chi connectivity index (χ4v) is 2.05. The average molecular weight is 289 g/mol. The second kappa shape index (κ2) is 7.85. The van der Waals surface area contributed by atoms with Crippen molar-refractivity contribution in [3.63, 3.8) is 0 Å². The topological polar surface area (TPSA) is 53.3 Å². The van der Waals surface area contributed by atoms with Crippen LogP contribution in [0.4, 0.5) is 0 Å². The number of aliphatic hydroxyl groups excluding tert-OH is 1. The number of halogens is 1. The maximum Gasteiger partial charge on any atom is 0.110 e. The fourth-order valence-electron chi connectivity index (χ4n) is 1.78. The molecule has 1 unspecified atom stereocenters. The van der Waals surface area contributed by atoms with Gasteiger partial charge in [-0.2, -0.15) is 5.10 Å². The van der Waals surface area contributed by atoms with Crippen molar-refractivity contribution in [3.8, 4) is 0 Å². The normalized spacial score (nSPS) is 13.5. The first kappa shape index (κ1) is 16.4. The highest BCUT2D eigenvalue weighted by Crippen LogP contribution is 2.22. The van der Waals surface area contributed by atoms with E-state index in [0.29, 0.717) is 23.2 Å². The maximum absolute atomic E-state index is 10.2. The third-order valence-electron chi connectivity index (χ3n) is 2.80. The van der Waals surface area contributed by atoms with Crippen molar-refractivity contribution < 1.29 is 5.11 Å². The monoisotopic (exact) mass is 288 g/mol. The van der Waals surface area contributed by atoms with Crippen LogP contribution in [0.3, 0.4) is 0 Å². The summed E-state index contributed by atoms with van der Waals surface area (Å²) < 4.78 is 1.78. The summed E-state index contributed by atoms with van der Waals surface area (Å²) in [7, 11) is 4.01. The average Bonchev–Trinajstić information content (AvgIpc) is 2.67. The summed E-state index contributed by atoms with van der Waals surface area (Å²) in [5.41, 5.74) is 0.694. The van der Waals surface area contributed by atoms with Gasteiger partial charge in [0.2, 0.25) is 0 Å². The van der Waals surface area contributed by atoms with E-state index in [0.717, 1.165) is 19.6 Å². The molecule has 0 aliphatic carbocycles. The molecular weight excluding hydrogens is 264 g/mol. The van der Waals surface area contributed by atoms with E-state index < -0.39 is 6.10 Å². The van der Waals surface area contributed by atoms with Crippen LogP contribution in [-0.4, -0.2) is 53.5 Å². The summed E-state index contributed by atoms with van der Waals surface area (Å²) >= 11 is 6.11. The molecule has 0 spiro atoms. The van der Waals surface area contributed by atoms with Gasteiger partial charge >= 0.3 is 0 Å². The third kappa shape index (κ3) is 5.48. The Balaban J connectivity index is 2.61. The number of nitrogens with zero attached hydrogens (tertiary/aromatic N) is 3. The summed E-state index contributed by atoms with van der Waals surface area (Å²) in [5, 5.41) is 18.2. The van der Waals surface area contributed by atoms with Crippen molar-refractivity contribution >= 4 is 11.6 Å². The van der Waals surface area contributed by atoms with Crippen molar-refractivity contribution in [2.75, 3.05) is 33.7 Å². The first-order chi connectivity index (χ1) is 8.91. The van der Waals surface area contributed by atoms with Crippen LogP contribution in [0.25, 0.3) is 0 Å². The van der Waals surface area contributed by atoms with E-state index in [1.165, 1.54) is 0 Å². The molecule has 1 aromatic rings. The summed E-state index contributed by atoms with van der Waals surface area (Å²) in [6, 6.07) is 0. The molecule has 0 aromatic carbocycles. The van der Waals surface area contributed by atoms with Gasteiger partial charge in [0.25, 0.3) is 0 Å². The number of aliphatic hydroxyl groups is 1. The molecule has 2 N–H and O–H groups in total. The highest BCUT2D eigenvalue weighted by atomic mass is 35.5. The Hall–Kier alpha value is -0.620.